The van der Waals surface area contributed by atoms with Crippen LogP contribution in [0.15, 0.2) is 72.8 Å². The molecule has 9 nitrogen and oxygen atoms in total. The highest BCUT2D eigenvalue weighted by atomic mass is 16.7. The Kier molecular flexibility index (Phi) is 11.7. The van der Waals surface area contributed by atoms with Crippen LogP contribution in [0, 0.1) is 0 Å². The van der Waals surface area contributed by atoms with Gasteiger partial charge in [0.25, 0.3) is 0 Å². The largest absolute Gasteiger partial charge is 0.481 e. The second kappa shape index (κ2) is 16.1. The number of ether oxygens (including phenoxy) is 2. The molecule has 3 aromatic carbocycles. The predicted octanol–water partition coefficient (Wildman–Crippen LogP) is 5.11. The van der Waals surface area contributed by atoms with Gasteiger partial charge in [0.15, 0.2) is 6.29 Å². The maximum absolute atomic E-state index is 12.3. The molecule has 2 aliphatic rings. The van der Waals surface area contributed by atoms with Crippen molar-refractivity contribution in [1.29, 1.82) is 0 Å². The summed E-state index contributed by atoms with van der Waals surface area (Å²) in [6.45, 7) is 2.21. The van der Waals surface area contributed by atoms with Crippen molar-refractivity contribution in [1.82, 2.24) is 10.2 Å². The van der Waals surface area contributed by atoms with Gasteiger partial charge in [0, 0.05) is 44.0 Å². The minimum Gasteiger partial charge on any atom is -0.481 e. The van der Waals surface area contributed by atoms with Gasteiger partial charge in [-0.25, -0.2) is 0 Å². The topological polar surface area (TPSA) is 129 Å². The Bertz CT molecular complexity index is 1410. The first-order chi connectivity index (χ1) is 21.9. The fraction of sp³-hybridized carbons (Fsp3) is 0.444. The molecule has 5 rings (SSSR count). The number of nitrogens with zero attached hydrogens (tertiary/aromatic N) is 1. The highest BCUT2D eigenvalue weighted by molar-refractivity contribution is 5.76. The van der Waals surface area contributed by atoms with Crippen molar-refractivity contribution in [2.75, 3.05) is 19.7 Å². The number of carbonyl (C=O) groups is 2. The molecule has 3 aromatic rings. The van der Waals surface area contributed by atoms with Crippen molar-refractivity contribution < 1.29 is 34.4 Å². The lowest BCUT2D eigenvalue weighted by atomic mass is 9.98. The molecule has 4 unspecified atom stereocenters. The maximum Gasteiger partial charge on any atom is 0.303 e. The number of benzene rings is 3. The van der Waals surface area contributed by atoms with E-state index in [1.807, 2.05) is 60.7 Å². The van der Waals surface area contributed by atoms with Crippen LogP contribution in [0.2, 0.25) is 0 Å². The first-order valence-corrected chi connectivity index (χ1v) is 15.9. The number of likely N-dealkylation sites (tertiary alicyclic amines) is 1. The molecule has 45 heavy (non-hydrogen) atoms. The van der Waals surface area contributed by atoms with Gasteiger partial charge in [0.2, 0.25) is 5.91 Å². The van der Waals surface area contributed by atoms with Crippen LogP contribution in [0.3, 0.4) is 0 Å². The number of aliphatic carboxylic acids is 1. The van der Waals surface area contributed by atoms with E-state index in [-0.39, 0.29) is 43.8 Å². The lowest BCUT2D eigenvalue weighted by molar-refractivity contribution is -0.253. The van der Waals surface area contributed by atoms with Gasteiger partial charge in [-0.3, -0.25) is 14.5 Å². The van der Waals surface area contributed by atoms with Crippen LogP contribution in [0.25, 0.3) is 11.1 Å². The van der Waals surface area contributed by atoms with Crippen LogP contribution < -0.4 is 5.32 Å². The minimum absolute atomic E-state index is 0.00731. The zero-order chi connectivity index (χ0) is 31.6. The van der Waals surface area contributed by atoms with Crippen molar-refractivity contribution in [3.8, 4) is 11.1 Å². The van der Waals surface area contributed by atoms with E-state index in [4.69, 9.17) is 14.6 Å². The van der Waals surface area contributed by atoms with Crippen LogP contribution in [0.4, 0.5) is 0 Å². The predicted molar refractivity (Wildman–Crippen MR) is 170 cm³/mol. The zero-order valence-corrected chi connectivity index (χ0v) is 25.6. The summed E-state index contributed by atoms with van der Waals surface area (Å²) in [5.41, 5.74) is 5.79. The summed E-state index contributed by atoms with van der Waals surface area (Å²) in [5, 5.41) is 31.1. The molecule has 0 spiro atoms. The number of hydrogen-bond acceptors (Lipinski definition) is 7. The van der Waals surface area contributed by atoms with E-state index in [2.05, 4.69) is 22.3 Å². The molecule has 9 heteroatoms. The summed E-state index contributed by atoms with van der Waals surface area (Å²) in [4.78, 5) is 25.3. The number of carboxylic acids is 1. The van der Waals surface area contributed by atoms with Gasteiger partial charge in [-0.2, -0.15) is 0 Å². The van der Waals surface area contributed by atoms with Crippen molar-refractivity contribution >= 4 is 11.9 Å². The second-order valence-electron chi connectivity index (χ2n) is 12.0. The number of rotatable bonds is 14. The number of aliphatic hydroxyl groups is 2. The number of carboxylic acid groups (broad SMARTS) is 1. The Morgan fingerprint density at radius 3 is 2.38 bits per heavy atom. The zero-order valence-electron chi connectivity index (χ0n) is 25.6. The Balaban J connectivity index is 1.29. The minimum atomic E-state index is -0.843. The summed E-state index contributed by atoms with van der Waals surface area (Å²) in [5.74, 6) is -0.932. The van der Waals surface area contributed by atoms with Crippen LogP contribution >= 0.6 is 0 Å². The van der Waals surface area contributed by atoms with E-state index in [0.29, 0.717) is 32.2 Å². The molecule has 2 aliphatic heterocycles. The molecule has 0 aliphatic carbocycles. The van der Waals surface area contributed by atoms with Crippen molar-refractivity contribution in [3.63, 3.8) is 0 Å². The SMILES string of the molecule is O=C(O)CCCCC(=O)NCc1cccc(-c2cccc(C3OC(CN4CCCC4CO)CC(c4ccc(CO)cc4)O3)c2)c1. The van der Waals surface area contributed by atoms with Crippen molar-refractivity contribution in [3.05, 3.63) is 95.1 Å². The molecular formula is C36H44N2O7. The fourth-order valence-electron chi connectivity index (χ4n) is 6.21. The Hall–Kier alpha value is -3.60. The second-order valence-corrected chi connectivity index (χ2v) is 12.0. The average Bonchev–Trinajstić information content (AvgIpc) is 3.52. The lowest BCUT2D eigenvalue weighted by Crippen LogP contribution is -2.42. The molecule has 0 radical (unpaired) electrons. The monoisotopic (exact) mass is 616 g/mol. The Labute approximate surface area is 264 Å². The molecule has 4 N–H and O–H groups in total. The third-order valence-electron chi connectivity index (χ3n) is 8.72. The third-order valence-corrected chi connectivity index (χ3v) is 8.72. The van der Waals surface area contributed by atoms with Crippen LogP contribution in [0.5, 0.6) is 0 Å². The number of hydrogen-bond donors (Lipinski definition) is 4. The van der Waals surface area contributed by atoms with E-state index in [1.54, 1.807) is 0 Å². The molecular weight excluding hydrogens is 572 g/mol. The first-order valence-electron chi connectivity index (χ1n) is 15.9. The maximum atomic E-state index is 12.3. The van der Waals surface area contributed by atoms with Gasteiger partial charge in [0.05, 0.1) is 25.4 Å². The number of carbonyl (C=O) groups excluding carboxylic acids is 1. The molecule has 1 amide bonds. The summed E-state index contributed by atoms with van der Waals surface area (Å²) >= 11 is 0. The average molecular weight is 617 g/mol. The van der Waals surface area contributed by atoms with Gasteiger partial charge in [-0.15, -0.1) is 0 Å². The molecule has 0 saturated carbocycles. The molecule has 0 aromatic heterocycles. The molecule has 2 heterocycles. The first kappa shape index (κ1) is 32.8. The smallest absolute Gasteiger partial charge is 0.303 e. The molecule has 0 bridgehead atoms. The highest BCUT2D eigenvalue weighted by Gasteiger charge is 2.35. The highest BCUT2D eigenvalue weighted by Crippen LogP contribution is 2.39. The quantitative estimate of drug-likeness (QED) is 0.184. The molecule has 2 fully saturated rings. The molecule has 4 atom stereocenters. The van der Waals surface area contributed by atoms with Crippen LogP contribution in [0.1, 0.15) is 79.6 Å². The van der Waals surface area contributed by atoms with Crippen molar-refractivity contribution in [2.24, 2.45) is 0 Å². The van der Waals surface area contributed by atoms with Gasteiger partial charge in [-0.1, -0.05) is 60.7 Å². The molecule has 240 valence electrons. The van der Waals surface area contributed by atoms with E-state index < -0.39 is 12.3 Å². The summed E-state index contributed by atoms with van der Waals surface area (Å²) in [7, 11) is 0. The number of aliphatic hydroxyl groups excluding tert-OH is 2. The Morgan fingerprint density at radius 2 is 1.62 bits per heavy atom. The number of unbranched alkanes of at least 4 members (excludes halogenated alkanes) is 1. The van der Waals surface area contributed by atoms with E-state index in [9.17, 15) is 19.8 Å². The molecule has 2 saturated heterocycles. The van der Waals surface area contributed by atoms with Gasteiger partial charge in [-0.05, 0) is 72.2 Å². The van der Waals surface area contributed by atoms with E-state index >= 15 is 0 Å². The normalized spacial score (nSPS) is 21.9. The standard InChI is InChI=1S/C36H44N2O7/c39-23-25-13-15-27(16-14-25)33-20-32(22-38-17-5-10-31(38)24-40)44-36(45-33)30-9-4-8-29(19-30)28-7-3-6-26(18-28)21-37-34(41)11-1-2-12-35(42)43/h3-4,6-9,13-16,18-19,31-33,36,39-40H,1-2,5,10-12,17,20-24H2,(H,37,41)(H,42,43). The summed E-state index contributed by atoms with van der Waals surface area (Å²) < 4.78 is 13.2. The van der Waals surface area contributed by atoms with Gasteiger partial charge in [0.1, 0.15) is 0 Å². The Morgan fingerprint density at radius 1 is 0.867 bits per heavy atom. The van der Waals surface area contributed by atoms with Gasteiger partial charge >= 0.3 is 5.97 Å². The van der Waals surface area contributed by atoms with Gasteiger partial charge < -0.3 is 30.1 Å². The van der Waals surface area contributed by atoms with Crippen LogP contribution in [-0.2, 0) is 32.2 Å². The van der Waals surface area contributed by atoms with Crippen molar-refractivity contribution in [2.45, 2.75) is 82.6 Å². The lowest BCUT2D eigenvalue weighted by Gasteiger charge is -2.38. The van der Waals surface area contributed by atoms with Crippen LogP contribution in [-0.4, -0.2) is 63.9 Å². The summed E-state index contributed by atoms with van der Waals surface area (Å²) in [6.07, 6.45) is 3.33. The van der Waals surface area contributed by atoms with E-state index in [1.165, 1.54) is 0 Å². The third kappa shape index (κ3) is 9.22. The fourth-order valence-corrected chi connectivity index (χ4v) is 6.21. The number of nitrogens with one attached hydrogen (secondary N) is 1. The number of amides is 1. The van der Waals surface area contributed by atoms with E-state index in [0.717, 1.165) is 59.3 Å². The summed E-state index contributed by atoms with van der Waals surface area (Å²) in [6, 6.07) is 24.2.